The zero-order valence-electron chi connectivity index (χ0n) is 18.1. The van der Waals surface area contributed by atoms with E-state index in [2.05, 4.69) is 5.32 Å². The molecule has 7 nitrogen and oxygen atoms in total. The number of esters is 1. The van der Waals surface area contributed by atoms with Gasteiger partial charge in [-0.25, -0.2) is 13.2 Å². The minimum absolute atomic E-state index is 0.116. The van der Waals surface area contributed by atoms with Crippen molar-refractivity contribution in [2.75, 3.05) is 29.0 Å². The van der Waals surface area contributed by atoms with Crippen LogP contribution < -0.4 is 9.62 Å². The standard InChI is InChI=1S/C22H27ClN2O5S2/c1-3-30-22(27)20-17-7-4-5-8-18(17)31-21(20)24-19(26)9-6-14-25(32(2,28)29)16-12-10-15(23)11-13-16/h10-13H,3-9,14H2,1-2H3,(H,24,26). The zero-order chi connectivity index (χ0) is 23.3. The molecular weight excluding hydrogens is 472 g/mol. The number of amides is 1. The summed E-state index contributed by atoms with van der Waals surface area (Å²) in [6, 6.07) is 6.50. The monoisotopic (exact) mass is 498 g/mol. The number of benzene rings is 1. The Labute approximate surface area is 197 Å². The predicted molar refractivity (Wildman–Crippen MR) is 128 cm³/mol. The predicted octanol–water partition coefficient (Wildman–Crippen LogP) is 4.64. The van der Waals surface area contributed by atoms with Crippen LogP contribution in [-0.4, -0.2) is 39.7 Å². The van der Waals surface area contributed by atoms with Crippen molar-refractivity contribution >= 4 is 55.5 Å². The molecule has 0 fully saturated rings. The van der Waals surface area contributed by atoms with Gasteiger partial charge in [0, 0.05) is 22.9 Å². The highest BCUT2D eigenvalue weighted by molar-refractivity contribution is 7.92. The van der Waals surface area contributed by atoms with Crippen molar-refractivity contribution in [2.24, 2.45) is 0 Å². The SMILES string of the molecule is CCOC(=O)c1c(NC(=O)CCCN(c2ccc(Cl)cc2)S(C)(=O)=O)sc2c1CCCC2. The maximum absolute atomic E-state index is 12.6. The van der Waals surface area contributed by atoms with Crippen LogP contribution in [0.2, 0.25) is 5.02 Å². The van der Waals surface area contributed by atoms with Gasteiger partial charge >= 0.3 is 5.97 Å². The fraction of sp³-hybridized carbons (Fsp3) is 0.455. The van der Waals surface area contributed by atoms with Gasteiger partial charge in [0.25, 0.3) is 0 Å². The van der Waals surface area contributed by atoms with E-state index < -0.39 is 16.0 Å². The van der Waals surface area contributed by atoms with E-state index in [1.54, 1.807) is 31.2 Å². The van der Waals surface area contributed by atoms with Crippen molar-refractivity contribution in [3.63, 3.8) is 0 Å². The van der Waals surface area contributed by atoms with Gasteiger partial charge in [-0.1, -0.05) is 11.6 Å². The van der Waals surface area contributed by atoms with Gasteiger partial charge in [0.2, 0.25) is 15.9 Å². The summed E-state index contributed by atoms with van der Waals surface area (Å²) in [7, 11) is -3.51. The molecule has 0 spiro atoms. The lowest BCUT2D eigenvalue weighted by atomic mass is 9.95. The van der Waals surface area contributed by atoms with Crippen LogP contribution in [0.15, 0.2) is 24.3 Å². The van der Waals surface area contributed by atoms with Gasteiger partial charge in [-0.2, -0.15) is 0 Å². The van der Waals surface area contributed by atoms with Gasteiger partial charge in [0.1, 0.15) is 5.00 Å². The Morgan fingerprint density at radius 1 is 1.19 bits per heavy atom. The molecule has 2 aromatic rings. The van der Waals surface area contributed by atoms with Crippen LogP contribution in [-0.2, 0) is 32.4 Å². The number of nitrogens with one attached hydrogen (secondary N) is 1. The summed E-state index contributed by atoms with van der Waals surface area (Å²) in [5.41, 5.74) is 1.95. The molecule has 0 saturated carbocycles. The Balaban J connectivity index is 1.67. The number of anilines is 2. The van der Waals surface area contributed by atoms with Crippen molar-refractivity contribution in [1.82, 2.24) is 0 Å². The van der Waals surface area contributed by atoms with Gasteiger partial charge in [-0.05, 0) is 68.9 Å². The average Bonchev–Trinajstić information content (AvgIpc) is 3.09. The molecule has 1 N–H and O–H groups in total. The van der Waals surface area contributed by atoms with Crippen molar-refractivity contribution in [2.45, 2.75) is 45.4 Å². The topological polar surface area (TPSA) is 92.8 Å². The van der Waals surface area contributed by atoms with Crippen LogP contribution in [0.3, 0.4) is 0 Å². The third-order valence-electron chi connectivity index (χ3n) is 5.18. The molecule has 32 heavy (non-hydrogen) atoms. The first-order valence-corrected chi connectivity index (χ1v) is 13.6. The summed E-state index contributed by atoms with van der Waals surface area (Å²) in [5, 5.41) is 3.90. The highest BCUT2D eigenvalue weighted by Crippen LogP contribution is 2.38. The zero-order valence-corrected chi connectivity index (χ0v) is 20.5. The number of rotatable bonds is 9. The van der Waals surface area contributed by atoms with Crippen LogP contribution in [0.4, 0.5) is 10.7 Å². The molecule has 0 saturated heterocycles. The molecule has 0 atom stereocenters. The number of hydrogen-bond acceptors (Lipinski definition) is 6. The fourth-order valence-corrected chi connectivity index (χ4v) is 6.12. The molecule has 1 aromatic carbocycles. The molecule has 10 heteroatoms. The number of thiophene rings is 1. The van der Waals surface area contributed by atoms with Crippen LogP contribution in [0.5, 0.6) is 0 Å². The summed E-state index contributed by atoms with van der Waals surface area (Å²) in [6.45, 7) is 2.17. The second kappa shape index (κ2) is 10.7. The molecule has 1 heterocycles. The minimum Gasteiger partial charge on any atom is -0.462 e. The first-order chi connectivity index (χ1) is 15.2. The van der Waals surface area contributed by atoms with Crippen molar-refractivity contribution in [3.05, 3.63) is 45.3 Å². The number of fused-ring (bicyclic) bond motifs is 1. The molecule has 3 rings (SSSR count). The number of ether oxygens (including phenoxy) is 1. The third-order valence-corrected chi connectivity index (χ3v) is 7.84. The Kier molecular flexibility index (Phi) is 8.19. The average molecular weight is 499 g/mol. The Bertz CT molecular complexity index is 1080. The second-order valence-corrected chi connectivity index (χ2v) is 11.0. The highest BCUT2D eigenvalue weighted by atomic mass is 35.5. The Morgan fingerprint density at radius 2 is 1.88 bits per heavy atom. The number of halogens is 1. The molecule has 1 amide bonds. The lowest BCUT2D eigenvalue weighted by Gasteiger charge is -2.22. The largest absolute Gasteiger partial charge is 0.462 e. The normalized spacial score (nSPS) is 13.3. The Hall–Kier alpha value is -2.10. The van der Waals surface area contributed by atoms with E-state index in [4.69, 9.17) is 16.3 Å². The molecule has 0 bridgehead atoms. The first-order valence-electron chi connectivity index (χ1n) is 10.6. The number of aryl methyl sites for hydroxylation is 1. The summed E-state index contributed by atoms with van der Waals surface area (Å²) in [6.07, 6.45) is 5.34. The van der Waals surface area contributed by atoms with Gasteiger partial charge in [-0.3, -0.25) is 9.10 Å². The van der Waals surface area contributed by atoms with Crippen molar-refractivity contribution in [1.29, 1.82) is 0 Å². The van der Waals surface area contributed by atoms with E-state index in [1.165, 1.54) is 15.6 Å². The fourth-order valence-electron chi connectivity index (χ4n) is 3.74. The molecule has 0 unspecified atom stereocenters. The number of sulfonamides is 1. The van der Waals surface area contributed by atoms with E-state index in [-0.39, 0.29) is 25.5 Å². The summed E-state index contributed by atoms with van der Waals surface area (Å²) in [4.78, 5) is 26.3. The lowest BCUT2D eigenvalue weighted by Crippen LogP contribution is -2.31. The van der Waals surface area contributed by atoms with Crippen LogP contribution in [0.25, 0.3) is 0 Å². The van der Waals surface area contributed by atoms with Gasteiger partial charge in [-0.15, -0.1) is 11.3 Å². The summed E-state index contributed by atoms with van der Waals surface area (Å²) < 4.78 is 30.9. The third kappa shape index (κ3) is 6.02. The van der Waals surface area contributed by atoms with Crippen molar-refractivity contribution in [3.8, 4) is 0 Å². The Morgan fingerprint density at radius 3 is 2.53 bits per heavy atom. The molecule has 0 radical (unpaired) electrons. The van der Waals surface area contributed by atoms with Gasteiger partial charge < -0.3 is 10.1 Å². The molecule has 1 aliphatic rings. The lowest BCUT2D eigenvalue weighted by molar-refractivity contribution is -0.116. The van der Waals surface area contributed by atoms with E-state index in [0.29, 0.717) is 27.7 Å². The first kappa shape index (κ1) is 24.5. The quantitative estimate of drug-likeness (QED) is 0.508. The van der Waals surface area contributed by atoms with Crippen LogP contribution in [0.1, 0.15) is 53.4 Å². The van der Waals surface area contributed by atoms with Gasteiger partial charge in [0.15, 0.2) is 0 Å². The number of hydrogen-bond donors (Lipinski definition) is 1. The van der Waals surface area contributed by atoms with Crippen LogP contribution in [0, 0.1) is 0 Å². The molecule has 1 aliphatic carbocycles. The van der Waals surface area contributed by atoms with E-state index in [9.17, 15) is 18.0 Å². The second-order valence-electron chi connectivity index (χ2n) is 7.60. The summed E-state index contributed by atoms with van der Waals surface area (Å²) >= 11 is 7.33. The number of nitrogens with zero attached hydrogens (tertiary/aromatic N) is 1. The minimum atomic E-state index is -3.51. The number of carbonyl (C=O) groups excluding carboxylic acids is 2. The maximum Gasteiger partial charge on any atom is 0.341 e. The van der Waals surface area contributed by atoms with E-state index in [0.717, 1.165) is 42.4 Å². The molecule has 0 aliphatic heterocycles. The number of carbonyl (C=O) groups is 2. The molecule has 1 aromatic heterocycles. The molecular formula is C22H27ClN2O5S2. The van der Waals surface area contributed by atoms with Crippen molar-refractivity contribution < 1.29 is 22.7 Å². The van der Waals surface area contributed by atoms with E-state index in [1.807, 2.05) is 0 Å². The van der Waals surface area contributed by atoms with E-state index >= 15 is 0 Å². The van der Waals surface area contributed by atoms with Crippen LogP contribution >= 0.6 is 22.9 Å². The smallest absolute Gasteiger partial charge is 0.341 e. The maximum atomic E-state index is 12.6. The summed E-state index contributed by atoms with van der Waals surface area (Å²) in [5.74, 6) is -0.674. The molecule has 174 valence electrons. The highest BCUT2D eigenvalue weighted by Gasteiger charge is 2.27. The van der Waals surface area contributed by atoms with Gasteiger partial charge in [0.05, 0.1) is 24.1 Å².